The molecule has 2 amide bonds. The molecule has 2 aromatic carbocycles. The Balaban J connectivity index is 1.44. The van der Waals surface area contributed by atoms with Gasteiger partial charge < -0.3 is 24.6 Å². The molecule has 1 heterocycles. The highest BCUT2D eigenvalue weighted by molar-refractivity contribution is 5.97. The van der Waals surface area contributed by atoms with E-state index in [1.807, 2.05) is 32.0 Å². The third kappa shape index (κ3) is 6.64. The maximum absolute atomic E-state index is 12.4. The van der Waals surface area contributed by atoms with Gasteiger partial charge in [0.15, 0.2) is 12.7 Å². The van der Waals surface area contributed by atoms with Gasteiger partial charge in [-0.3, -0.25) is 9.59 Å². The number of amides is 2. The van der Waals surface area contributed by atoms with E-state index >= 15 is 0 Å². The standard InChI is InChI=1S/C24H26N4O6/c1-14-6-5-7-15(2)22(14)27-21(29)12-25-23(30)16(3)33-24(31)18-8-10-19(11-9-18)32-13-20-26-17(4)34-28-20/h5-11,16H,12-13H2,1-4H3,(H,25,30)(H,27,29). The van der Waals surface area contributed by atoms with Crippen molar-refractivity contribution in [1.82, 2.24) is 15.5 Å². The Labute approximate surface area is 196 Å². The molecule has 34 heavy (non-hydrogen) atoms. The highest BCUT2D eigenvalue weighted by Crippen LogP contribution is 2.19. The summed E-state index contributed by atoms with van der Waals surface area (Å²) in [4.78, 5) is 40.9. The quantitative estimate of drug-likeness (QED) is 0.460. The molecule has 0 aliphatic rings. The van der Waals surface area contributed by atoms with Gasteiger partial charge in [-0.05, 0) is 56.2 Å². The number of hydrogen-bond acceptors (Lipinski definition) is 8. The van der Waals surface area contributed by atoms with E-state index in [0.29, 0.717) is 23.2 Å². The lowest BCUT2D eigenvalue weighted by molar-refractivity contribution is -0.130. The molecule has 0 fully saturated rings. The smallest absolute Gasteiger partial charge is 0.338 e. The number of rotatable bonds is 9. The number of benzene rings is 2. The first-order valence-corrected chi connectivity index (χ1v) is 10.6. The predicted molar refractivity (Wildman–Crippen MR) is 122 cm³/mol. The van der Waals surface area contributed by atoms with Gasteiger partial charge in [0.2, 0.25) is 17.6 Å². The van der Waals surface area contributed by atoms with Crippen molar-refractivity contribution in [3.05, 3.63) is 70.9 Å². The second-order valence-corrected chi connectivity index (χ2v) is 7.62. The Kier molecular flexibility index (Phi) is 7.96. The average Bonchev–Trinajstić information content (AvgIpc) is 3.24. The lowest BCUT2D eigenvalue weighted by Gasteiger charge is -2.15. The van der Waals surface area contributed by atoms with Gasteiger partial charge >= 0.3 is 5.97 Å². The van der Waals surface area contributed by atoms with Crippen LogP contribution < -0.4 is 15.4 Å². The Hall–Kier alpha value is -4.21. The Morgan fingerprint density at radius 2 is 1.71 bits per heavy atom. The van der Waals surface area contributed by atoms with Crippen LogP contribution in [0.15, 0.2) is 47.0 Å². The lowest BCUT2D eigenvalue weighted by atomic mass is 10.1. The van der Waals surface area contributed by atoms with Crippen LogP contribution in [0.4, 0.5) is 5.69 Å². The van der Waals surface area contributed by atoms with Crippen LogP contribution >= 0.6 is 0 Å². The van der Waals surface area contributed by atoms with Crippen molar-refractivity contribution in [3.8, 4) is 5.75 Å². The molecule has 0 saturated heterocycles. The van der Waals surface area contributed by atoms with Gasteiger partial charge in [-0.1, -0.05) is 23.4 Å². The van der Waals surface area contributed by atoms with Gasteiger partial charge in [0.05, 0.1) is 12.1 Å². The van der Waals surface area contributed by atoms with Gasteiger partial charge in [0.1, 0.15) is 5.75 Å². The summed E-state index contributed by atoms with van der Waals surface area (Å²) in [5.74, 6) is -0.292. The van der Waals surface area contributed by atoms with Gasteiger partial charge in [-0.15, -0.1) is 0 Å². The van der Waals surface area contributed by atoms with Crippen LogP contribution in [0.3, 0.4) is 0 Å². The first-order chi connectivity index (χ1) is 16.2. The summed E-state index contributed by atoms with van der Waals surface area (Å²) in [7, 11) is 0. The van der Waals surface area contributed by atoms with Crippen LogP contribution in [-0.4, -0.2) is 40.6 Å². The zero-order valence-corrected chi connectivity index (χ0v) is 19.4. The van der Waals surface area contributed by atoms with Gasteiger partial charge in [0, 0.05) is 12.6 Å². The molecule has 0 aliphatic carbocycles. The summed E-state index contributed by atoms with van der Waals surface area (Å²) in [6, 6.07) is 11.9. The Bertz CT molecular complexity index is 1150. The molecule has 1 unspecified atom stereocenters. The zero-order chi connectivity index (χ0) is 24.7. The molecular weight excluding hydrogens is 440 g/mol. The second kappa shape index (κ2) is 11.1. The van der Waals surface area contributed by atoms with Crippen LogP contribution in [0.5, 0.6) is 5.75 Å². The highest BCUT2D eigenvalue weighted by Gasteiger charge is 2.20. The van der Waals surface area contributed by atoms with Crippen LogP contribution in [-0.2, 0) is 20.9 Å². The number of esters is 1. The monoisotopic (exact) mass is 466 g/mol. The van der Waals surface area contributed by atoms with E-state index in [0.717, 1.165) is 11.1 Å². The first kappa shape index (κ1) is 24.4. The fourth-order valence-electron chi connectivity index (χ4n) is 3.02. The maximum Gasteiger partial charge on any atom is 0.338 e. The lowest BCUT2D eigenvalue weighted by Crippen LogP contribution is -2.40. The molecule has 0 saturated carbocycles. The number of carbonyl (C=O) groups is 3. The van der Waals surface area contributed by atoms with E-state index in [9.17, 15) is 14.4 Å². The molecule has 3 aromatic rings. The Morgan fingerprint density at radius 1 is 1.03 bits per heavy atom. The van der Waals surface area contributed by atoms with Crippen molar-refractivity contribution < 1.29 is 28.4 Å². The third-order valence-corrected chi connectivity index (χ3v) is 4.85. The molecule has 10 nitrogen and oxygen atoms in total. The number of carbonyl (C=O) groups excluding carboxylic acids is 3. The van der Waals surface area contributed by atoms with Crippen molar-refractivity contribution in [2.24, 2.45) is 0 Å². The summed E-state index contributed by atoms with van der Waals surface area (Å²) in [5, 5.41) is 8.99. The SMILES string of the molecule is Cc1nc(COc2ccc(C(=O)OC(C)C(=O)NCC(=O)Nc3c(C)cccc3C)cc2)no1. The molecule has 178 valence electrons. The van der Waals surface area contributed by atoms with Crippen LogP contribution in [0.25, 0.3) is 0 Å². The Morgan fingerprint density at radius 3 is 2.32 bits per heavy atom. The van der Waals surface area contributed by atoms with E-state index in [1.54, 1.807) is 19.1 Å². The van der Waals surface area contributed by atoms with Gasteiger partial charge in [0.25, 0.3) is 5.91 Å². The summed E-state index contributed by atoms with van der Waals surface area (Å²) in [6.07, 6.45) is -1.09. The fourth-order valence-corrected chi connectivity index (χ4v) is 3.02. The van der Waals surface area contributed by atoms with Crippen LogP contribution in [0, 0.1) is 20.8 Å². The van der Waals surface area contributed by atoms with Crippen molar-refractivity contribution in [1.29, 1.82) is 0 Å². The third-order valence-electron chi connectivity index (χ3n) is 4.85. The van der Waals surface area contributed by atoms with Crippen LogP contribution in [0.1, 0.15) is 40.1 Å². The summed E-state index contributed by atoms with van der Waals surface area (Å²) in [5.41, 5.74) is 2.79. The molecular formula is C24H26N4O6. The van der Waals surface area contributed by atoms with Crippen molar-refractivity contribution in [2.45, 2.75) is 40.4 Å². The number of para-hydroxylation sites is 1. The topological polar surface area (TPSA) is 133 Å². The van der Waals surface area contributed by atoms with Gasteiger partial charge in [-0.2, -0.15) is 4.98 Å². The highest BCUT2D eigenvalue weighted by atomic mass is 16.5. The number of hydrogen-bond donors (Lipinski definition) is 2. The van der Waals surface area contributed by atoms with Crippen molar-refractivity contribution >= 4 is 23.5 Å². The molecule has 1 aromatic heterocycles. The molecule has 0 bridgehead atoms. The van der Waals surface area contributed by atoms with E-state index in [4.69, 9.17) is 14.0 Å². The van der Waals surface area contributed by atoms with E-state index < -0.39 is 18.0 Å². The maximum atomic E-state index is 12.4. The normalized spacial score (nSPS) is 11.4. The number of nitrogens with zero attached hydrogens (tertiary/aromatic N) is 2. The summed E-state index contributed by atoms with van der Waals surface area (Å²) >= 11 is 0. The van der Waals surface area contributed by atoms with E-state index in [-0.39, 0.29) is 24.6 Å². The summed E-state index contributed by atoms with van der Waals surface area (Å²) < 4.78 is 15.6. The molecule has 1 atom stereocenters. The number of aryl methyl sites for hydroxylation is 3. The molecule has 3 rings (SSSR count). The number of anilines is 1. The average molecular weight is 466 g/mol. The molecule has 0 aliphatic heterocycles. The minimum Gasteiger partial charge on any atom is -0.485 e. The van der Waals surface area contributed by atoms with Crippen molar-refractivity contribution in [2.75, 3.05) is 11.9 Å². The molecule has 10 heteroatoms. The molecule has 0 spiro atoms. The molecule has 2 N–H and O–H groups in total. The van der Waals surface area contributed by atoms with Gasteiger partial charge in [-0.25, -0.2) is 4.79 Å². The fraction of sp³-hybridized carbons (Fsp3) is 0.292. The molecule has 0 radical (unpaired) electrons. The van der Waals surface area contributed by atoms with E-state index in [2.05, 4.69) is 20.8 Å². The largest absolute Gasteiger partial charge is 0.485 e. The minimum absolute atomic E-state index is 0.120. The van der Waals surface area contributed by atoms with Crippen molar-refractivity contribution in [3.63, 3.8) is 0 Å². The second-order valence-electron chi connectivity index (χ2n) is 7.62. The first-order valence-electron chi connectivity index (χ1n) is 10.6. The number of aromatic nitrogens is 2. The summed E-state index contributed by atoms with van der Waals surface area (Å²) in [6.45, 7) is 6.75. The zero-order valence-electron chi connectivity index (χ0n) is 19.4. The minimum atomic E-state index is -1.09. The predicted octanol–water partition coefficient (Wildman–Crippen LogP) is 2.87. The van der Waals surface area contributed by atoms with Crippen LogP contribution in [0.2, 0.25) is 0 Å². The number of ether oxygens (including phenoxy) is 2. The van der Waals surface area contributed by atoms with E-state index in [1.165, 1.54) is 19.1 Å². The number of nitrogens with one attached hydrogen (secondary N) is 2.